The molecule has 0 saturated carbocycles. The summed E-state index contributed by atoms with van der Waals surface area (Å²) in [6, 6.07) is 11.8. The number of aromatic nitrogens is 4. The molecule has 0 aromatic carbocycles. The molecule has 6 heteroatoms. The predicted octanol–water partition coefficient (Wildman–Crippen LogP) is 2.53. The molecule has 0 radical (unpaired) electrons. The second-order valence-corrected chi connectivity index (χ2v) is 8.11. The van der Waals surface area contributed by atoms with Gasteiger partial charge < -0.3 is 9.47 Å². The molecule has 2 aliphatic rings. The molecule has 5 heterocycles. The maximum Gasteiger partial charge on any atom is 0.251 e. The van der Waals surface area contributed by atoms with Gasteiger partial charge in [0.1, 0.15) is 0 Å². The molecule has 2 aliphatic heterocycles. The first kappa shape index (κ1) is 17.4. The van der Waals surface area contributed by atoms with Crippen LogP contribution in [0, 0.1) is 12.8 Å². The van der Waals surface area contributed by atoms with E-state index in [1.165, 1.54) is 12.1 Å². The molecule has 2 bridgehead atoms. The van der Waals surface area contributed by atoms with Crippen molar-refractivity contribution in [3.8, 4) is 11.3 Å². The quantitative estimate of drug-likeness (QED) is 0.703. The van der Waals surface area contributed by atoms with E-state index in [9.17, 15) is 4.79 Å². The molecular formula is C22H25N5O. The number of hydrogen-bond donors (Lipinski definition) is 0. The maximum atomic E-state index is 12.8. The summed E-state index contributed by atoms with van der Waals surface area (Å²) in [4.78, 5) is 19.8. The van der Waals surface area contributed by atoms with Crippen molar-refractivity contribution in [1.29, 1.82) is 0 Å². The van der Waals surface area contributed by atoms with Gasteiger partial charge in [0.2, 0.25) is 0 Å². The molecule has 5 rings (SSSR count). The van der Waals surface area contributed by atoms with E-state index in [2.05, 4.69) is 21.0 Å². The molecule has 144 valence electrons. The minimum Gasteiger partial charge on any atom is -0.312 e. The van der Waals surface area contributed by atoms with Crippen LogP contribution in [0.1, 0.15) is 23.7 Å². The van der Waals surface area contributed by atoms with Crippen molar-refractivity contribution in [1.82, 2.24) is 24.2 Å². The summed E-state index contributed by atoms with van der Waals surface area (Å²) in [5, 5.41) is 4.50. The minimum absolute atomic E-state index is 0.105. The van der Waals surface area contributed by atoms with Crippen LogP contribution < -0.4 is 5.56 Å². The number of pyridine rings is 2. The molecule has 1 fully saturated rings. The smallest absolute Gasteiger partial charge is 0.251 e. The number of likely N-dealkylation sites (tertiary alicyclic amines) is 1. The maximum absolute atomic E-state index is 12.8. The van der Waals surface area contributed by atoms with Gasteiger partial charge in [0.05, 0.1) is 17.9 Å². The Morgan fingerprint density at radius 2 is 2.04 bits per heavy atom. The average molecular weight is 375 g/mol. The molecule has 0 unspecified atom stereocenters. The topological polar surface area (TPSA) is 56.0 Å². The number of piperidine rings is 1. The van der Waals surface area contributed by atoms with Gasteiger partial charge in [-0.2, -0.15) is 5.10 Å². The Kier molecular flexibility index (Phi) is 4.36. The molecular weight excluding hydrogens is 350 g/mol. The second-order valence-electron chi connectivity index (χ2n) is 8.11. The van der Waals surface area contributed by atoms with Crippen LogP contribution in [0.5, 0.6) is 0 Å². The second kappa shape index (κ2) is 7.02. The van der Waals surface area contributed by atoms with Crippen LogP contribution in [-0.2, 0) is 13.1 Å². The molecule has 0 N–H and O–H groups in total. The highest BCUT2D eigenvalue weighted by Gasteiger charge is 2.34. The van der Waals surface area contributed by atoms with E-state index in [0.717, 1.165) is 49.7 Å². The van der Waals surface area contributed by atoms with Crippen LogP contribution in [-0.4, -0.2) is 43.9 Å². The number of aryl methyl sites for hydroxylation is 1. The van der Waals surface area contributed by atoms with Crippen molar-refractivity contribution < 1.29 is 0 Å². The third-order valence-corrected chi connectivity index (χ3v) is 6.01. The third kappa shape index (κ3) is 3.29. The fourth-order valence-electron chi connectivity index (χ4n) is 4.75. The fourth-order valence-corrected chi connectivity index (χ4v) is 4.75. The molecule has 0 spiro atoms. The Labute approximate surface area is 164 Å². The highest BCUT2D eigenvalue weighted by Crippen LogP contribution is 2.36. The van der Waals surface area contributed by atoms with Gasteiger partial charge in [0, 0.05) is 61.8 Å². The van der Waals surface area contributed by atoms with Gasteiger partial charge in [-0.25, -0.2) is 0 Å². The van der Waals surface area contributed by atoms with Gasteiger partial charge in [-0.05, 0) is 43.5 Å². The molecule has 28 heavy (non-hydrogen) atoms. The van der Waals surface area contributed by atoms with Crippen LogP contribution >= 0.6 is 0 Å². The summed E-state index contributed by atoms with van der Waals surface area (Å²) in [5.41, 5.74) is 4.13. The summed E-state index contributed by atoms with van der Waals surface area (Å²) >= 11 is 0. The highest BCUT2D eigenvalue weighted by atomic mass is 16.1. The van der Waals surface area contributed by atoms with Crippen molar-refractivity contribution in [3.05, 3.63) is 70.5 Å². The standard InChI is InChI=1S/C22H25N5O/c1-16-5-7-26(24-16)9-8-25-13-17-10-19(15-25)21-11-18(12-22(28)27(21)14-17)20-4-2-3-6-23-20/h2-7,11-12,17,19H,8-10,13-15H2,1H3/t17-,19+/m0/s1. The van der Waals surface area contributed by atoms with Crippen LogP contribution in [0.25, 0.3) is 11.3 Å². The van der Waals surface area contributed by atoms with Crippen molar-refractivity contribution in [3.63, 3.8) is 0 Å². The zero-order valence-electron chi connectivity index (χ0n) is 16.2. The number of hydrogen-bond acceptors (Lipinski definition) is 4. The molecule has 0 aliphatic carbocycles. The van der Waals surface area contributed by atoms with Gasteiger partial charge in [-0.15, -0.1) is 0 Å². The Bertz CT molecular complexity index is 1040. The molecule has 2 atom stereocenters. The summed E-state index contributed by atoms with van der Waals surface area (Å²) in [7, 11) is 0. The monoisotopic (exact) mass is 375 g/mol. The van der Waals surface area contributed by atoms with E-state index < -0.39 is 0 Å². The van der Waals surface area contributed by atoms with Crippen molar-refractivity contribution in [2.45, 2.75) is 32.4 Å². The highest BCUT2D eigenvalue weighted by molar-refractivity contribution is 5.59. The van der Waals surface area contributed by atoms with Crippen LogP contribution in [0.2, 0.25) is 0 Å². The van der Waals surface area contributed by atoms with Crippen molar-refractivity contribution in [2.24, 2.45) is 5.92 Å². The normalized spacial score (nSPS) is 21.5. The fraction of sp³-hybridized carbons (Fsp3) is 0.409. The summed E-state index contributed by atoms with van der Waals surface area (Å²) in [6.07, 6.45) is 5.00. The number of rotatable bonds is 4. The van der Waals surface area contributed by atoms with Crippen LogP contribution in [0.3, 0.4) is 0 Å². The zero-order chi connectivity index (χ0) is 19.1. The van der Waals surface area contributed by atoms with E-state index in [0.29, 0.717) is 11.8 Å². The Morgan fingerprint density at radius 3 is 2.82 bits per heavy atom. The van der Waals surface area contributed by atoms with Crippen LogP contribution in [0.15, 0.2) is 53.6 Å². The Balaban J connectivity index is 1.39. The first-order valence-electron chi connectivity index (χ1n) is 10.0. The predicted molar refractivity (Wildman–Crippen MR) is 108 cm³/mol. The molecule has 6 nitrogen and oxygen atoms in total. The molecule has 0 amide bonds. The summed E-state index contributed by atoms with van der Waals surface area (Å²) in [6.45, 7) is 6.82. The minimum atomic E-state index is 0.105. The molecule has 3 aromatic heterocycles. The third-order valence-electron chi connectivity index (χ3n) is 6.01. The van der Waals surface area contributed by atoms with Gasteiger partial charge in [-0.1, -0.05) is 6.07 Å². The lowest BCUT2D eigenvalue weighted by molar-refractivity contribution is 0.116. The largest absolute Gasteiger partial charge is 0.312 e. The van der Waals surface area contributed by atoms with E-state index in [4.69, 9.17) is 0 Å². The zero-order valence-corrected chi connectivity index (χ0v) is 16.2. The van der Waals surface area contributed by atoms with E-state index in [1.807, 2.05) is 46.6 Å². The lowest BCUT2D eigenvalue weighted by Crippen LogP contribution is -2.47. The van der Waals surface area contributed by atoms with E-state index in [-0.39, 0.29) is 5.56 Å². The number of fused-ring (bicyclic) bond motifs is 4. The average Bonchev–Trinajstić information content (AvgIpc) is 3.13. The first-order valence-corrected chi connectivity index (χ1v) is 10.0. The van der Waals surface area contributed by atoms with E-state index in [1.54, 1.807) is 12.3 Å². The lowest BCUT2D eigenvalue weighted by Gasteiger charge is -2.43. The molecule has 1 saturated heterocycles. The summed E-state index contributed by atoms with van der Waals surface area (Å²) < 4.78 is 4.02. The van der Waals surface area contributed by atoms with Gasteiger partial charge in [0.15, 0.2) is 0 Å². The first-order chi connectivity index (χ1) is 13.7. The summed E-state index contributed by atoms with van der Waals surface area (Å²) in [5.74, 6) is 0.951. The number of nitrogens with zero attached hydrogens (tertiary/aromatic N) is 5. The van der Waals surface area contributed by atoms with Crippen molar-refractivity contribution in [2.75, 3.05) is 19.6 Å². The van der Waals surface area contributed by atoms with Crippen molar-refractivity contribution >= 4 is 0 Å². The van der Waals surface area contributed by atoms with Gasteiger partial charge in [0.25, 0.3) is 5.56 Å². The lowest BCUT2D eigenvalue weighted by atomic mass is 9.82. The molecule has 3 aromatic rings. The van der Waals surface area contributed by atoms with E-state index >= 15 is 0 Å². The SMILES string of the molecule is Cc1ccn(CCN2C[C@@H]3C[C@H](C2)c2cc(-c4ccccn4)cc(=O)n2C3)n1. The van der Waals surface area contributed by atoms with Gasteiger partial charge >= 0.3 is 0 Å². The van der Waals surface area contributed by atoms with Crippen LogP contribution in [0.4, 0.5) is 0 Å². The Morgan fingerprint density at radius 1 is 1.11 bits per heavy atom. The Hall–Kier alpha value is -2.73. The van der Waals surface area contributed by atoms with Gasteiger partial charge in [-0.3, -0.25) is 14.5 Å².